The summed E-state index contributed by atoms with van der Waals surface area (Å²) in [4.78, 5) is 6.04. The van der Waals surface area contributed by atoms with Gasteiger partial charge in [-0.25, -0.2) is 4.98 Å². The van der Waals surface area contributed by atoms with Crippen LogP contribution >= 0.6 is 34.9 Å². The zero-order valence-corrected chi connectivity index (χ0v) is 13.3. The van der Waals surface area contributed by atoms with Crippen molar-refractivity contribution in [3.05, 3.63) is 16.1 Å². The highest BCUT2D eigenvalue weighted by molar-refractivity contribution is 8.07. The smallest absolute Gasteiger partial charge is 0.107 e. The Hall–Kier alpha value is 0.290. The molecular formula is C13H20N2S3. The fourth-order valence-electron chi connectivity index (χ4n) is 2.00. The van der Waals surface area contributed by atoms with Crippen molar-refractivity contribution in [3.63, 3.8) is 0 Å². The second-order valence-corrected chi connectivity index (χ2v) is 9.33. The van der Waals surface area contributed by atoms with E-state index in [0.29, 0.717) is 5.25 Å². The number of nitrogens with zero attached hydrogens (tertiary/aromatic N) is 1. The predicted octanol–water partition coefficient (Wildman–Crippen LogP) is 3.69. The molecule has 100 valence electrons. The summed E-state index contributed by atoms with van der Waals surface area (Å²) in [6.07, 6.45) is 4.79. The molecule has 1 saturated carbocycles. The average Bonchev–Trinajstić information content (AvgIpc) is 3.08. The van der Waals surface area contributed by atoms with Crippen LogP contribution in [0.4, 0.5) is 0 Å². The second-order valence-electron chi connectivity index (χ2n) is 5.19. The predicted molar refractivity (Wildman–Crippen MR) is 83.7 cm³/mol. The van der Waals surface area contributed by atoms with Crippen LogP contribution in [-0.2, 0) is 6.54 Å². The third kappa shape index (κ3) is 3.24. The quantitative estimate of drug-likeness (QED) is 0.916. The Morgan fingerprint density at radius 3 is 2.89 bits per heavy atom. The van der Waals surface area contributed by atoms with Crippen LogP contribution < -0.4 is 5.32 Å². The zero-order chi connectivity index (χ0) is 12.5. The van der Waals surface area contributed by atoms with E-state index in [4.69, 9.17) is 0 Å². The first-order valence-corrected chi connectivity index (χ1v) is 9.48. The summed E-state index contributed by atoms with van der Waals surface area (Å²) in [6, 6.07) is 0.788. The van der Waals surface area contributed by atoms with Crippen LogP contribution in [0.15, 0.2) is 6.20 Å². The molecular weight excluding hydrogens is 280 g/mol. The van der Waals surface area contributed by atoms with E-state index in [1.165, 1.54) is 28.5 Å². The Morgan fingerprint density at radius 1 is 1.33 bits per heavy atom. The molecule has 1 saturated heterocycles. The Kier molecular flexibility index (Phi) is 4.23. The molecule has 2 fully saturated rings. The fraction of sp³-hybridized carbons (Fsp3) is 0.769. The van der Waals surface area contributed by atoms with Crippen molar-refractivity contribution in [2.75, 3.05) is 5.75 Å². The summed E-state index contributed by atoms with van der Waals surface area (Å²) in [6.45, 7) is 5.70. The van der Waals surface area contributed by atoms with Crippen LogP contribution in [0.1, 0.15) is 41.8 Å². The van der Waals surface area contributed by atoms with Gasteiger partial charge < -0.3 is 5.32 Å². The lowest BCUT2D eigenvalue weighted by atomic mass is 10.4. The van der Waals surface area contributed by atoms with Crippen LogP contribution in [-0.4, -0.2) is 27.3 Å². The Balaban J connectivity index is 1.58. The van der Waals surface area contributed by atoms with Crippen molar-refractivity contribution in [1.29, 1.82) is 0 Å². The first-order valence-electron chi connectivity index (χ1n) is 6.67. The van der Waals surface area contributed by atoms with Crippen molar-refractivity contribution in [2.45, 2.75) is 55.0 Å². The lowest BCUT2D eigenvalue weighted by Crippen LogP contribution is -2.21. The van der Waals surface area contributed by atoms with Crippen LogP contribution in [0.3, 0.4) is 0 Å². The standard InChI is InChI=1S/C13H20N2S3/c1-8-9(2)17-12(7-16-8)13-15-6-11(18-13)5-14-10-3-4-10/h6,8-10,12,14H,3-5,7H2,1-2H3. The summed E-state index contributed by atoms with van der Waals surface area (Å²) in [5, 5.41) is 7.03. The molecule has 1 aromatic heterocycles. The van der Waals surface area contributed by atoms with Gasteiger partial charge in [-0.3, -0.25) is 0 Å². The van der Waals surface area contributed by atoms with Gasteiger partial charge in [0.05, 0.1) is 5.25 Å². The molecule has 1 N–H and O–H groups in total. The Morgan fingerprint density at radius 2 is 2.17 bits per heavy atom. The van der Waals surface area contributed by atoms with Gasteiger partial charge in [0.25, 0.3) is 0 Å². The number of thioether (sulfide) groups is 2. The molecule has 18 heavy (non-hydrogen) atoms. The van der Waals surface area contributed by atoms with Crippen LogP contribution in [0.25, 0.3) is 0 Å². The molecule has 0 radical (unpaired) electrons. The highest BCUT2D eigenvalue weighted by Gasteiger charge is 2.28. The second kappa shape index (κ2) is 5.73. The Labute approximate surface area is 122 Å². The topological polar surface area (TPSA) is 24.9 Å². The van der Waals surface area contributed by atoms with Gasteiger partial charge in [0, 0.05) is 39.9 Å². The lowest BCUT2D eigenvalue weighted by molar-refractivity contribution is 0.694. The highest BCUT2D eigenvalue weighted by atomic mass is 32.2. The summed E-state index contributed by atoms with van der Waals surface area (Å²) < 4.78 is 0. The van der Waals surface area contributed by atoms with Gasteiger partial charge in [0.2, 0.25) is 0 Å². The van der Waals surface area contributed by atoms with Gasteiger partial charge in [-0.2, -0.15) is 11.8 Å². The summed E-state index contributed by atoms with van der Waals surface area (Å²) in [5.74, 6) is 1.22. The van der Waals surface area contributed by atoms with Gasteiger partial charge in [-0.1, -0.05) is 13.8 Å². The van der Waals surface area contributed by atoms with Crippen LogP contribution in [0.2, 0.25) is 0 Å². The molecule has 1 aliphatic heterocycles. The van der Waals surface area contributed by atoms with Crippen LogP contribution in [0.5, 0.6) is 0 Å². The average molecular weight is 301 g/mol. The maximum absolute atomic E-state index is 4.64. The monoisotopic (exact) mass is 300 g/mol. The first kappa shape index (κ1) is 13.3. The fourth-order valence-corrected chi connectivity index (χ4v) is 6.07. The molecule has 3 rings (SSSR count). The molecule has 2 heterocycles. The molecule has 2 nitrogen and oxygen atoms in total. The molecule has 5 heteroatoms. The summed E-state index contributed by atoms with van der Waals surface area (Å²) in [5.41, 5.74) is 0. The van der Waals surface area contributed by atoms with E-state index < -0.39 is 0 Å². The first-order chi connectivity index (χ1) is 8.72. The van der Waals surface area contributed by atoms with Crippen molar-refractivity contribution >= 4 is 34.9 Å². The van der Waals surface area contributed by atoms with Gasteiger partial charge in [0.1, 0.15) is 5.01 Å². The highest BCUT2D eigenvalue weighted by Crippen LogP contribution is 2.45. The zero-order valence-electron chi connectivity index (χ0n) is 10.9. The maximum atomic E-state index is 4.64. The number of thiazole rings is 1. The van der Waals surface area contributed by atoms with Crippen molar-refractivity contribution in [1.82, 2.24) is 10.3 Å². The number of rotatable bonds is 4. The molecule has 3 unspecified atom stereocenters. The summed E-state index contributed by atoms with van der Waals surface area (Å²) in [7, 11) is 0. The largest absolute Gasteiger partial charge is 0.309 e. The Bertz CT molecular complexity index is 403. The molecule has 0 bridgehead atoms. The number of hydrogen-bond donors (Lipinski definition) is 1. The third-order valence-electron chi connectivity index (χ3n) is 3.54. The summed E-state index contributed by atoms with van der Waals surface area (Å²) >= 11 is 6.11. The number of nitrogens with one attached hydrogen (secondary N) is 1. The SMILES string of the molecule is CC1SCC(c2ncc(CNC3CC3)s2)SC1C. The minimum Gasteiger partial charge on any atom is -0.309 e. The van der Waals surface area contributed by atoms with E-state index in [2.05, 4.69) is 53.9 Å². The van der Waals surface area contributed by atoms with E-state index in [0.717, 1.165) is 23.1 Å². The molecule has 1 aromatic rings. The van der Waals surface area contributed by atoms with E-state index >= 15 is 0 Å². The molecule has 0 amide bonds. The molecule has 0 spiro atoms. The van der Waals surface area contributed by atoms with E-state index in [1.54, 1.807) is 0 Å². The van der Waals surface area contributed by atoms with Crippen molar-refractivity contribution in [2.24, 2.45) is 0 Å². The van der Waals surface area contributed by atoms with Gasteiger partial charge in [-0.05, 0) is 12.8 Å². The normalized spacial score (nSPS) is 32.7. The molecule has 3 atom stereocenters. The molecule has 0 aromatic carbocycles. The minimum atomic E-state index is 0.612. The van der Waals surface area contributed by atoms with E-state index in [-0.39, 0.29) is 0 Å². The maximum Gasteiger partial charge on any atom is 0.107 e. The lowest BCUT2D eigenvalue weighted by Gasteiger charge is -2.30. The van der Waals surface area contributed by atoms with Gasteiger partial charge in [0.15, 0.2) is 0 Å². The van der Waals surface area contributed by atoms with Crippen molar-refractivity contribution < 1.29 is 0 Å². The molecule has 1 aliphatic carbocycles. The van der Waals surface area contributed by atoms with Gasteiger partial charge in [-0.15, -0.1) is 23.1 Å². The number of hydrogen-bond acceptors (Lipinski definition) is 5. The molecule has 2 aliphatic rings. The number of aromatic nitrogens is 1. The van der Waals surface area contributed by atoms with E-state index in [9.17, 15) is 0 Å². The van der Waals surface area contributed by atoms with Crippen LogP contribution in [0, 0.1) is 0 Å². The minimum absolute atomic E-state index is 0.612. The third-order valence-corrected chi connectivity index (χ3v) is 8.20. The van der Waals surface area contributed by atoms with E-state index in [1.807, 2.05) is 11.3 Å². The van der Waals surface area contributed by atoms with Crippen molar-refractivity contribution in [3.8, 4) is 0 Å². The van der Waals surface area contributed by atoms with Gasteiger partial charge >= 0.3 is 0 Å².